The summed E-state index contributed by atoms with van der Waals surface area (Å²) in [6.45, 7) is 0. The van der Waals surface area contributed by atoms with Gasteiger partial charge in [-0.1, -0.05) is 0 Å². The van der Waals surface area contributed by atoms with E-state index in [-0.39, 0.29) is 5.91 Å². The molecule has 0 saturated heterocycles. The number of nitrogens with two attached hydrogens (primary N) is 1. The molecule has 0 atom stereocenters. The van der Waals surface area contributed by atoms with E-state index in [0.717, 1.165) is 24.4 Å². The monoisotopic (exact) mass is 183 g/mol. The maximum absolute atomic E-state index is 11.3. The van der Waals surface area contributed by atoms with E-state index in [4.69, 9.17) is 5.73 Å². The summed E-state index contributed by atoms with van der Waals surface area (Å²) in [5.41, 5.74) is 5.38. The summed E-state index contributed by atoms with van der Waals surface area (Å²) in [6, 6.07) is 1.99. The summed E-state index contributed by atoms with van der Waals surface area (Å²) in [5.74, 6) is 0.368. The molecule has 1 heterocycles. The smallest absolute Gasteiger partial charge is 0.263 e. The van der Waals surface area contributed by atoms with Crippen molar-refractivity contribution in [3.63, 3.8) is 0 Å². The number of hydrogen-bond donors (Lipinski definition) is 2. The topological polar surface area (TPSA) is 68.0 Å². The molecule has 1 saturated carbocycles. The zero-order valence-corrected chi connectivity index (χ0v) is 7.23. The Balaban J connectivity index is 2.03. The van der Waals surface area contributed by atoms with Crippen LogP contribution in [0.5, 0.6) is 0 Å². The third-order valence-corrected chi connectivity index (χ3v) is 2.47. The van der Waals surface area contributed by atoms with Crippen molar-refractivity contribution in [2.24, 2.45) is 0 Å². The first-order chi connectivity index (χ1) is 5.75. The summed E-state index contributed by atoms with van der Waals surface area (Å²) < 4.78 is 3.82. The van der Waals surface area contributed by atoms with E-state index in [1.54, 1.807) is 6.07 Å². The first-order valence-electron chi connectivity index (χ1n) is 3.79. The Morgan fingerprint density at radius 1 is 1.75 bits per heavy atom. The van der Waals surface area contributed by atoms with E-state index in [9.17, 15) is 4.79 Å². The number of carbonyl (C=O) groups is 1. The average molecular weight is 183 g/mol. The SMILES string of the molecule is Nc1cc(C(=O)NC2CC2)sn1. The normalized spacial score (nSPS) is 16.0. The van der Waals surface area contributed by atoms with Crippen LogP contribution in [0.4, 0.5) is 5.82 Å². The van der Waals surface area contributed by atoms with Crippen LogP contribution in [0.15, 0.2) is 6.07 Å². The fourth-order valence-electron chi connectivity index (χ4n) is 0.880. The molecular formula is C7H9N3OS. The molecule has 1 fully saturated rings. The molecule has 0 unspecified atom stereocenters. The lowest BCUT2D eigenvalue weighted by Crippen LogP contribution is -2.24. The van der Waals surface area contributed by atoms with Gasteiger partial charge >= 0.3 is 0 Å². The number of hydrogen-bond acceptors (Lipinski definition) is 4. The highest BCUT2D eigenvalue weighted by Crippen LogP contribution is 2.20. The van der Waals surface area contributed by atoms with E-state index >= 15 is 0 Å². The number of nitrogens with zero attached hydrogens (tertiary/aromatic N) is 1. The summed E-state index contributed by atoms with van der Waals surface area (Å²) in [4.78, 5) is 11.9. The van der Waals surface area contributed by atoms with E-state index in [0.29, 0.717) is 16.7 Å². The highest BCUT2D eigenvalue weighted by Gasteiger charge is 2.24. The molecule has 0 spiro atoms. The predicted molar refractivity (Wildman–Crippen MR) is 47.0 cm³/mol. The van der Waals surface area contributed by atoms with Crippen molar-refractivity contribution in [3.05, 3.63) is 10.9 Å². The zero-order valence-electron chi connectivity index (χ0n) is 6.41. The van der Waals surface area contributed by atoms with Crippen LogP contribution >= 0.6 is 11.5 Å². The highest BCUT2D eigenvalue weighted by atomic mass is 32.1. The molecule has 12 heavy (non-hydrogen) atoms. The minimum atomic E-state index is -0.0494. The number of anilines is 1. The van der Waals surface area contributed by atoms with Gasteiger partial charge in [0.1, 0.15) is 10.7 Å². The summed E-state index contributed by atoms with van der Waals surface area (Å²) >= 11 is 1.14. The van der Waals surface area contributed by atoms with Crippen LogP contribution in [-0.2, 0) is 0 Å². The van der Waals surface area contributed by atoms with Crippen LogP contribution in [0.3, 0.4) is 0 Å². The fraction of sp³-hybridized carbons (Fsp3) is 0.429. The minimum absolute atomic E-state index is 0.0494. The van der Waals surface area contributed by atoms with Crippen molar-refractivity contribution in [2.45, 2.75) is 18.9 Å². The van der Waals surface area contributed by atoms with Crippen LogP contribution in [-0.4, -0.2) is 16.3 Å². The molecule has 3 N–H and O–H groups in total. The van der Waals surface area contributed by atoms with Crippen LogP contribution in [0.2, 0.25) is 0 Å². The van der Waals surface area contributed by atoms with Crippen molar-refractivity contribution < 1.29 is 4.79 Å². The Morgan fingerprint density at radius 3 is 3.00 bits per heavy atom. The standard InChI is InChI=1S/C7H9N3OS/c8-6-3-5(12-10-6)7(11)9-4-1-2-4/h3-4H,1-2H2,(H2,8,10)(H,9,11). The van der Waals surface area contributed by atoms with Crippen molar-refractivity contribution in [1.29, 1.82) is 0 Å². The van der Waals surface area contributed by atoms with Crippen LogP contribution in [0, 0.1) is 0 Å². The van der Waals surface area contributed by atoms with Crippen molar-refractivity contribution in [1.82, 2.24) is 9.69 Å². The Labute approximate surface area is 73.9 Å². The van der Waals surface area contributed by atoms with Crippen molar-refractivity contribution in [3.8, 4) is 0 Å². The molecule has 1 aliphatic carbocycles. The molecule has 4 nitrogen and oxygen atoms in total. The lowest BCUT2D eigenvalue weighted by Gasteiger charge is -1.97. The van der Waals surface area contributed by atoms with E-state index in [1.807, 2.05) is 0 Å². The van der Waals surface area contributed by atoms with Crippen LogP contribution in [0.25, 0.3) is 0 Å². The first-order valence-corrected chi connectivity index (χ1v) is 4.56. The maximum Gasteiger partial charge on any atom is 0.263 e. The maximum atomic E-state index is 11.3. The third-order valence-electron chi connectivity index (χ3n) is 1.66. The van der Waals surface area contributed by atoms with Gasteiger partial charge in [0.15, 0.2) is 0 Å². The Kier molecular flexibility index (Phi) is 1.73. The van der Waals surface area contributed by atoms with Gasteiger partial charge in [-0.2, -0.15) is 4.37 Å². The van der Waals surface area contributed by atoms with E-state index in [2.05, 4.69) is 9.69 Å². The largest absolute Gasteiger partial charge is 0.383 e. The fourth-order valence-corrected chi connectivity index (χ4v) is 1.45. The molecular weight excluding hydrogens is 174 g/mol. The summed E-state index contributed by atoms with van der Waals surface area (Å²) in [5, 5.41) is 2.86. The van der Waals surface area contributed by atoms with Crippen molar-refractivity contribution >= 4 is 23.3 Å². The summed E-state index contributed by atoms with van der Waals surface area (Å²) in [6.07, 6.45) is 2.19. The average Bonchev–Trinajstić information content (AvgIpc) is 2.72. The number of nitrogens with one attached hydrogen (secondary N) is 1. The summed E-state index contributed by atoms with van der Waals surface area (Å²) in [7, 11) is 0. The number of aromatic nitrogens is 1. The molecule has 1 aromatic heterocycles. The van der Waals surface area contributed by atoms with Crippen LogP contribution in [0.1, 0.15) is 22.5 Å². The van der Waals surface area contributed by atoms with Gasteiger partial charge in [0, 0.05) is 12.1 Å². The number of carbonyl (C=O) groups excluding carboxylic acids is 1. The molecule has 1 aromatic rings. The van der Waals surface area contributed by atoms with Gasteiger partial charge in [-0.15, -0.1) is 0 Å². The molecule has 0 radical (unpaired) electrons. The Hall–Kier alpha value is -1.10. The van der Waals surface area contributed by atoms with Gasteiger partial charge in [0.2, 0.25) is 0 Å². The van der Waals surface area contributed by atoms with E-state index < -0.39 is 0 Å². The Morgan fingerprint density at radius 2 is 2.50 bits per heavy atom. The molecule has 1 aliphatic rings. The minimum Gasteiger partial charge on any atom is -0.383 e. The zero-order chi connectivity index (χ0) is 8.55. The lowest BCUT2D eigenvalue weighted by atomic mass is 10.4. The second-order valence-electron chi connectivity index (χ2n) is 2.86. The second-order valence-corrected chi connectivity index (χ2v) is 3.67. The molecule has 0 aromatic carbocycles. The third kappa shape index (κ3) is 1.55. The van der Waals surface area contributed by atoms with E-state index in [1.165, 1.54) is 0 Å². The van der Waals surface area contributed by atoms with Gasteiger partial charge in [-0.25, -0.2) is 0 Å². The second kappa shape index (κ2) is 2.75. The molecule has 5 heteroatoms. The first kappa shape index (κ1) is 7.54. The number of nitrogen functional groups attached to an aromatic ring is 1. The van der Waals surface area contributed by atoms with Gasteiger partial charge in [0.25, 0.3) is 5.91 Å². The van der Waals surface area contributed by atoms with Gasteiger partial charge in [0.05, 0.1) is 0 Å². The predicted octanol–water partition coefficient (Wildman–Crippen LogP) is 0.618. The highest BCUT2D eigenvalue weighted by molar-refractivity contribution is 7.08. The molecule has 1 amide bonds. The van der Waals surface area contributed by atoms with Gasteiger partial charge < -0.3 is 11.1 Å². The number of amides is 1. The molecule has 0 aliphatic heterocycles. The Bertz CT molecular complexity index is 305. The molecule has 2 rings (SSSR count). The molecule has 0 bridgehead atoms. The van der Waals surface area contributed by atoms with Gasteiger partial charge in [-0.05, 0) is 24.4 Å². The number of rotatable bonds is 2. The van der Waals surface area contributed by atoms with Gasteiger partial charge in [-0.3, -0.25) is 4.79 Å². The molecule has 64 valence electrons. The quantitative estimate of drug-likeness (QED) is 0.706. The van der Waals surface area contributed by atoms with Crippen LogP contribution < -0.4 is 11.1 Å². The van der Waals surface area contributed by atoms with Crippen molar-refractivity contribution in [2.75, 3.05) is 5.73 Å². The lowest BCUT2D eigenvalue weighted by molar-refractivity contribution is 0.0955.